The zero-order valence-corrected chi connectivity index (χ0v) is 12.4. The highest BCUT2D eigenvalue weighted by atomic mass is 16.1. The van der Waals surface area contributed by atoms with Gasteiger partial charge in [0.2, 0.25) is 5.91 Å². The Labute approximate surface area is 122 Å². The number of piperidine rings is 1. The van der Waals surface area contributed by atoms with Crippen LogP contribution < -0.4 is 10.6 Å². The van der Waals surface area contributed by atoms with Gasteiger partial charge in [-0.3, -0.25) is 4.79 Å². The molecule has 1 saturated heterocycles. The topological polar surface area (TPSA) is 41.1 Å². The molecule has 1 aliphatic heterocycles. The molecule has 1 amide bonds. The average molecular weight is 276 g/mol. The predicted molar refractivity (Wildman–Crippen MR) is 79.2 cm³/mol. The van der Waals surface area contributed by atoms with Gasteiger partial charge in [-0.2, -0.15) is 0 Å². The minimum absolute atomic E-state index is 0.330. The number of hydrogen-bond acceptors (Lipinski definition) is 2. The lowest BCUT2D eigenvalue weighted by molar-refractivity contribution is -0.126. The van der Waals surface area contributed by atoms with Gasteiger partial charge in [-0.1, -0.05) is 0 Å². The predicted octanol–water partition coefficient (Wildman–Crippen LogP) is 2.32. The van der Waals surface area contributed by atoms with E-state index in [-0.39, 0.29) is 0 Å². The van der Waals surface area contributed by atoms with Crippen LogP contribution in [0.3, 0.4) is 0 Å². The number of hydrogen-bond donors (Lipinski definition) is 2. The largest absolute Gasteiger partial charge is 0.353 e. The molecule has 0 aromatic carbocycles. The fourth-order valence-corrected chi connectivity index (χ4v) is 5.77. The lowest BCUT2D eigenvalue weighted by Gasteiger charge is -2.54. The van der Waals surface area contributed by atoms with Gasteiger partial charge in [-0.25, -0.2) is 0 Å². The minimum atomic E-state index is 0.330. The van der Waals surface area contributed by atoms with Crippen molar-refractivity contribution in [3.05, 3.63) is 0 Å². The fourth-order valence-electron chi connectivity index (χ4n) is 5.77. The molecule has 0 radical (unpaired) electrons. The summed E-state index contributed by atoms with van der Waals surface area (Å²) >= 11 is 0. The molecule has 112 valence electrons. The minimum Gasteiger partial charge on any atom is -0.353 e. The zero-order valence-electron chi connectivity index (χ0n) is 12.4. The van der Waals surface area contributed by atoms with Crippen LogP contribution in [0, 0.1) is 29.6 Å². The molecule has 0 aromatic heterocycles. The maximum atomic E-state index is 12.4. The van der Waals surface area contributed by atoms with Crippen LogP contribution in [0.5, 0.6) is 0 Å². The second kappa shape index (κ2) is 5.32. The second-order valence-corrected chi connectivity index (χ2v) is 7.94. The van der Waals surface area contributed by atoms with Gasteiger partial charge in [0.1, 0.15) is 0 Å². The van der Waals surface area contributed by atoms with Crippen molar-refractivity contribution in [2.45, 2.75) is 57.4 Å². The van der Waals surface area contributed by atoms with Crippen LogP contribution in [-0.4, -0.2) is 25.0 Å². The standard InChI is InChI=1S/C17H28N2O/c20-16(9-11-2-1-3-18-10-11)19-17-14-5-12-4-13(7-14)8-15(17)6-12/h11-15,17-18H,1-10H2,(H,19,20). The highest BCUT2D eigenvalue weighted by Gasteiger charge is 2.48. The summed E-state index contributed by atoms with van der Waals surface area (Å²) in [5, 5.41) is 6.86. The van der Waals surface area contributed by atoms with Gasteiger partial charge in [-0.15, -0.1) is 0 Å². The summed E-state index contributed by atoms with van der Waals surface area (Å²) in [6.45, 7) is 2.17. The van der Waals surface area contributed by atoms with E-state index in [1.54, 1.807) is 0 Å². The Morgan fingerprint density at radius 1 is 1.05 bits per heavy atom. The number of rotatable bonds is 3. The quantitative estimate of drug-likeness (QED) is 0.830. The van der Waals surface area contributed by atoms with Crippen LogP contribution in [0.25, 0.3) is 0 Å². The Bertz CT molecular complexity index is 347. The molecule has 4 saturated carbocycles. The van der Waals surface area contributed by atoms with Gasteiger partial charge >= 0.3 is 0 Å². The van der Waals surface area contributed by atoms with Crippen LogP contribution in [0.1, 0.15) is 51.4 Å². The molecule has 1 heterocycles. The molecule has 2 N–H and O–H groups in total. The average Bonchev–Trinajstić information content (AvgIpc) is 2.43. The third-order valence-electron chi connectivity index (χ3n) is 6.43. The first kappa shape index (κ1) is 13.1. The highest BCUT2D eigenvalue weighted by molar-refractivity contribution is 5.76. The maximum absolute atomic E-state index is 12.4. The van der Waals surface area contributed by atoms with E-state index in [2.05, 4.69) is 10.6 Å². The van der Waals surface area contributed by atoms with Gasteiger partial charge in [0.15, 0.2) is 0 Å². The van der Waals surface area contributed by atoms with Gasteiger partial charge in [0, 0.05) is 12.5 Å². The Hall–Kier alpha value is -0.570. The normalized spacial score (nSPS) is 46.4. The van der Waals surface area contributed by atoms with Crippen LogP contribution in [0.15, 0.2) is 0 Å². The fraction of sp³-hybridized carbons (Fsp3) is 0.941. The molecule has 5 aliphatic rings. The zero-order chi connectivity index (χ0) is 13.5. The highest BCUT2D eigenvalue weighted by Crippen LogP contribution is 2.53. The summed E-state index contributed by atoms with van der Waals surface area (Å²) in [5.74, 6) is 4.50. The van der Waals surface area contributed by atoms with E-state index in [9.17, 15) is 4.79 Å². The molecule has 5 fully saturated rings. The van der Waals surface area contributed by atoms with Crippen molar-refractivity contribution in [1.29, 1.82) is 0 Å². The van der Waals surface area contributed by atoms with Crippen molar-refractivity contribution >= 4 is 5.91 Å². The van der Waals surface area contributed by atoms with E-state index in [1.165, 1.54) is 44.9 Å². The van der Waals surface area contributed by atoms with E-state index in [4.69, 9.17) is 0 Å². The third kappa shape index (κ3) is 2.49. The van der Waals surface area contributed by atoms with Crippen molar-refractivity contribution in [3.8, 4) is 0 Å². The van der Waals surface area contributed by atoms with E-state index >= 15 is 0 Å². The summed E-state index contributed by atoms with van der Waals surface area (Å²) < 4.78 is 0. The summed E-state index contributed by atoms with van der Waals surface area (Å²) in [6.07, 6.45) is 10.3. The monoisotopic (exact) mass is 276 g/mol. The summed E-state index contributed by atoms with van der Waals surface area (Å²) in [5.41, 5.74) is 0. The molecule has 1 atom stereocenters. The van der Waals surface area contributed by atoms with Crippen molar-refractivity contribution < 1.29 is 4.79 Å². The van der Waals surface area contributed by atoms with Gasteiger partial charge in [0.25, 0.3) is 0 Å². The Balaban J connectivity index is 1.33. The number of carbonyl (C=O) groups is 1. The first-order chi connectivity index (χ1) is 9.78. The van der Waals surface area contributed by atoms with E-state index < -0.39 is 0 Å². The van der Waals surface area contributed by atoms with Crippen LogP contribution in [0.4, 0.5) is 0 Å². The first-order valence-corrected chi connectivity index (χ1v) is 8.78. The number of nitrogens with one attached hydrogen (secondary N) is 2. The molecule has 3 heteroatoms. The Morgan fingerprint density at radius 3 is 2.35 bits per heavy atom. The van der Waals surface area contributed by atoms with Crippen LogP contribution in [-0.2, 0) is 4.79 Å². The van der Waals surface area contributed by atoms with Gasteiger partial charge in [0.05, 0.1) is 0 Å². The second-order valence-electron chi connectivity index (χ2n) is 7.94. The molecule has 3 nitrogen and oxygen atoms in total. The van der Waals surface area contributed by atoms with E-state index in [0.29, 0.717) is 17.9 Å². The molecule has 1 unspecified atom stereocenters. The summed E-state index contributed by atoms with van der Waals surface area (Å²) in [4.78, 5) is 12.4. The van der Waals surface area contributed by atoms with Gasteiger partial charge < -0.3 is 10.6 Å². The van der Waals surface area contributed by atoms with E-state index in [1.807, 2.05) is 0 Å². The Kier molecular flexibility index (Phi) is 3.49. The summed E-state index contributed by atoms with van der Waals surface area (Å²) in [6, 6.07) is 0.520. The molecule has 20 heavy (non-hydrogen) atoms. The third-order valence-corrected chi connectivity index (χ3v) is 6.43. The van der Waals surface area contributed by atoms with Crippen molar-refractivity contribution in [2.75, 3.05) is 13.1 Å². The molecular formula is C17H28N2O. The number of carbonyl (C=O) groups excluding carboxylic acids is 1. The van der Waals surface area contributed by atoms with Crippen molar-refractivity contribution in [2.24, 2.45) is 29.6 Å². The van der Waals surface area contributed by atoms with Crippen molar-refractivity contribution in [3.63, 3.8) is 0 Å². The molecule has 4 aliphatic carbocycles. The van der Waals surface area contributed by atoms with E-state index in [0.717, 1.165) is 43.2 Å². The lowest BCUT2D eigenvalue weighted by Crippen LogP contribution is -2.56. The van der Waals surface area contributed by atoms with Crippen molar-refractivity contribution in [1.82, 2.24) is 10.6 Å². The van der Waals surface area contributed by atoms with Gasteiger partial charge in [-0.05, 0) is 87.6 Å². The molecule has 0 aromatic rings. The van der Waals surface area contributed by atoms with Crippen LogP contribution >= 0.6 is 0 Å². The SMILES string of the molecule is O=C(CC1CCCNC1)NC1C2CC3CC(C2)CC1C3. The Morgan fingerprint density at radius 2 is 1.75 bits per heavy atom. The number of amides is 1. The molecular weight excluding hydrogens is 248 g/mol. The maximum Gasteiger partial charge on any atom is 0.220 e. The molecule has 4 bridgehead atoms. The van der Waals surface area contributed by atoms with Crippen LogP contribution in [0.2, 0.25) is 0 Å². The summed E-state index contributed by atoms with van der Waals surface area (Å²) in [7, 11) is 0. The molecule has 0 spiro atoms. The molecule has 5 rings (SSSR count). The lowest BCUT2D eigenvalue weighted by atomic mass is 9.54. The smallest absolute Gasteiger partial charge is 0.220 e. The first-order valence-electron chi connectivity index (χ1n) is 8.78.